The van der Waals surface area contributed by atoms with Gasteiger partial charge in [0.05, 0.1) is 11.0 Å². The smallest absolute Gasteiger partial charge is 0.227 e. The second kappa shape index (κ2) is 6.18. The number of carbonyl (C=O) groups is 1. The Kier molecular flexibility index (Phi) is 4.10. The van der Waals surface area contributed by atoms with Crippen LogP contribution in [0.5, 0.6) is 0 Å². The molecule has 1 saturated carbocycles. The fourth-order valence-electron chi connectivity index (χ4n) is 2.95. The molecule has 0 atom stereocenters. The molecule has 2 aromatic rings. The average molecular weight is 284 g/mol. The highest BCUT2D eigenvalue weighted by Gasteiger charge is 2.25. The maximum atomic E-state index is 12.3. The van der Waals surface area contributed by atoms with Gasteiger partial charge in [-0.1, -0.05) is 0 Å². The van der Waals surface area contributed by atoms with Crippen LogP contribution in [0.15, 0.2) is 30.6 Å². The number of nitrogens with two attached hydrogens (primary N) is 1. The molecule has 1 heterocycles. The molecule has 0 saturated heterocycles. The molecular weight excluding hydrogens is 264 g/mol. The summed E-state index contributed by atoms with van der Waals surface area (Å²) in [5.41, 5.74) is 8.10. The van der Waals surface area contributed by atoms with E-state index in [1.807, 2.05) is 18.2 Å². The molecule has 1 aromatic heterocycles. The lowest BCUT2D eigenvalue weighted by molar-refractivity contribution is -0.121. The molecule has 0 bridgehead atoms. The van der Waals surface area contributed by atoms with E-state index in [-0.39, 0.29) is 11.8 Å². The first-order valence-corrected chi connectivity index (χ1v) is 7.48. The molecule has 0 unspecified atom stereocenters. The van der Waals surface area contributed by atoms with E-state index in [2.05, 4.69) is 15.3 Å². The second-order valence-electron chi connectivity index (χ2n) is 5.70. The van der Waals surface area contributed by atoms with Gasteiger partial charge in [-0.2, -0.15) is 0 Å². The van der Waals surface area contributed by atoms with Gasteiger partial charge < -0.3 is 11.1 Å². The predicted molar refractivity (Wildman–Crippen MR) is 82.7 cm³/mol. The third kappa shape index (κ3) is 3.19. The van der Waals surface area contributed by atoms with E-state index in [1.54, 1.807) is 12.4 Å². The number of aromatic nitrogens is 2. The van der Waals surface area contributed by atoms with Crippen molar-refractivity contribution in [1.29, 1.82) is 0 Å². The number of nitrogens with one attached hydrogen (secondary N) is 1. The van der Waals surface area contributed by atoms with Crippen molar-refractivity contribution in [1.82, 2.24) is 9.97 Å². The molecule has 3 rings (SSSR count). The molecule has 0 spiro atoms. The van der Waals surface area contributed by atoms with Crippen molar-refractivity contribution in [2.45, 2.75) is 25.7 Å². The lowest BCUT2D eigenvalue weighted by Gasteiger charge is -2.26. The summed E-state index contributed by atoms with van der Waals surface area (Å²) in [6.07, 6.45) is 7.29. The number of anilines is 1. The minimum absolute atomic E-state index is 0.102. The van der Waals surface area contributed by atoms with Crippen molar-refractivity contribution in [3.63, 3.8) is 0 Å². The highest BCUT2D eigenvalue weighted by Crippen LogP contribution is 2.29. The number of hydrogen-bond acceptors (Lipinski definition) is 4. The van der Waals surface area contributed by atoms with E-state index in [1.165, 1.54) is 0 Å². The van der Waals surface area contributed by atoms with Crippen LogP contribution in [0.4, 0.5) is 5.69 Å². The molecular formula is C16H20N4O. The number of nitrogens with zero attached hydrogens (tertiary/aromatic N) is 2. The molecule has 1 fully saturated rings. The van der Waals surface area contributed by atoms with Crippen LogP contribution < -0.4 is 11.1 Å². The van der Waals surface area contributed by atoms with Gasteiger partial charge in [-0.15, -0.1) is 0 Å². The van der Waals surface area contributed by atoms with Crippen LogP contribution in [0, 0.1) is 11.8 Å². The van der Waals surface area contributed by atoms with Crippen LogP contribution in [0.3, 0.4) is 0 Å². The molecule has 5 heteroatoms. The third-order valence-corrected chi connectivity index (χ3v) is 4.29. The number of fused-ring (bicyclic) bond motifs is 1. The van der Waals surface area contributed by atoms with E-state index in [0.29, 0.717) is 5.92 Å². The molecule has 3 N–H and O–H groups in total. The van der Waals surface area contributed by atoms with Gasteiger partial charge in [0.25, 0.3) is 0 Å². The van der Waals surface area contributed by atoms with E-state index in [9.17, 15) is 4.79 Å². The first-order chi connectivity index (χ1) is 10.3. The van der Waals surface area contributed by atoms with Crippen LogP contribution in [-0.2, 0) is 4.79 Å². The van der Waals surface area contributed by atoms with Gasteiger partial charge in [-0.3, -0.25) is 14.8 Å². The first kappa shape index (κ1) is 13.9. The van der Waals surface area contributed by atoms with Crippen LogP contribution >= 0.6 is 0 Å². The summed E-state index contributed by atoms with van der Waals surface area (Å²) in [6, 6.07) is 5.62. The van der Waals surface area contributed by atoms with Crippen molar-refractivity contribution in [2.24, 2.45) is 17.6 Å². The Bertz CT molecular complexity index is 635. The Morgan fingerprint density at radius 1 is 1.14 bits per heavy atom. The molecule has 1 amide bonds. The zero-order valence-electron chi connectivity index (χ0n) is 12.0. The molecule has 21 heavy (non-hydrogen) atoms. The molecule has 5 nitrogen and oxygen atoms in total. The molecule has 110 valence electrons. The van der Waals surface area contributed by atoms with Crippen molar-refractivity contribution in [2.75, 3.05) is 11.9 Å². The van der Waals surface area contributed by atoms with Gasteiger partial charge in [0, 0.05) is 24.0 Å². The largest absolute Gasteiger partial charge is 0.330 e. The topological polar surface area (TPSA) is 80.9 Å². The first-order valence-electron chi connectivity index (χ1n) is 7.48. The summed E-state index contributed by atoms with van der Waals surface area (Å²) in [5, 5.41) is 3.00. The minimum atomic E-state index is 0.102. The lowest BCUT2D eigenvalue weighted by Crippen LogP contribution is -2.29. The van der Waals surface area contributed by atoms with Gasteiger partial charge >= 0.3 is 0 Å². The summed E-state index contributed by atoms with van der Waals surface area (Å²) >= 11 is 0. The van der Waals surface area contributed by atoms with E-state index in [4.69, 9.17) is 5.73 Å². The van der Waals surface area contributed by atoms with Gasteiger partial charge in [0.15, 0.2) is 0 Å². The molecule has 1 aliphatic carbocycles. The average Bonchev–Trinajstić information content (AvgIpc) is 2.55. The molecule has 0 radical (unpaired) electrons. The summed E-state index contributed by atoms with van der Waals surface area (Å²) in [5.74, 6) is 0.795. The van der Waals surface area contributed by atoms with Crippen molar-refractivity contribution in [3.8, 4) is 0 Å². The van der Waals surface area contributed by atoms with E-state index >= 15 is 0 Å². The fraction of sp³-hybridized carbons (Fsp3) is 0.438. The summed E-state index contributed by atoms with van der Waals surface area (Å²) in [7, 11) is 0. The SMILES string of the molecule is NCC1CCC(C(=O)Nc2ccc3nccnc3c2)CC1. The Balaban J connectivity index is 1.66. The van der Waals surface area contributed by atoms with Crippen LogP contribution in [-0.4, -0.2) is 22.4 Å². The van der Waals surface area contributed by atoms with Crippen molar-refractivity contribution < 1.29 is 4.79 Å². The van der Waals surface area contributed by atoms with Gasteiger partial charge in [-0.05, 0) is 56.3 Å². The van der Waals surface area contributed by atoms with Crippen molar-refractivity contribution in [3.05, 3.63) is 30.6 Å². The third-order valence-electron chi connectivity index (χ3n) is 4.29. The van der Waals surface area contributed by atoms with Gasteiger partial charge in [0.2, 0.25) is 5.91 Å². The van der Waals surface area contributed by atoms with E-state index in [0.717, 1.165) is 48.9 Å². The number of hydrogen-bond donors (Lipinski definition) is 2. The maximum Gasteiger partial charge on any atom is 0.227 e. The zero-order chi connectivity index (χ0) is 14.7. The number of amides is 1. The number of benzene rings is 1. The maximum absolute atomic E-state index is 12.3. The highest BCUT2D eigenvalue weighted by atomic mass is 16.1. The number of carbonyl (C=O) groups excluding carboxylic acids is 1. The molecule has 0 aliphatic heterocycles. The van der Waals surface area contributed by atoms with E-state index < -0.39 is 0 Å². The highest BCUT2D eigenvalue weighted by molar-refractivity contribution is 5.94. The summed E-state index contributed by atoms with van der Waals surface area (Å²) in [6.45, 7) is 0.734. The summed E-state index contributed by atoms with van der Waals surface area (Å²) in [4.78, 5) is 20.8. The quantitative estimate of drug-likeness (QED) is 0.906. The lowest BCUT2D eigenvalue weighted by atomic mass is 9.81. The zero-order valence-corrected chi connectivity index (χ0v) is 12.0. The Hall–Kier alpha value is -2.01. The molecule has 1 aliphatic rings. The van der Waals surface area contributed by atoms with Crippen LogP contribution in [0.25, 0.3) is 11.0 Å². The minimum Gasteiger partial charge on any atom is -0.330 e. The monoisotopic (exact) mass is 284 g/mol. The Morgan fingerprint density at radius 2 is 1.86 bits per heavy atom. The summed E-state index contributed by atoms with van der Waals surface area (Å²) < 4.78 is 0. The fourth-order valence-corrected chi connectivity index (χ4v) is 2.95. The van der Waals surface area contributed by atoms with Gasteiger partial charge in [0.1, 0.15) is 0 Å². The Morgan fingerprint density at radius 3 is 2.57 bits per heavy atom. The Labute approximate surface area is 124 Å². The normalized spacial score (nSPS) is 22.1. The predicted octanol–water partition coefficient (Wildman–Crippen LogP) is 2.33. The van der Waals surface area contributed by atoms with Crippen molar-refractivity contribution >= 4 is 22.6 Å². The second-order valence-corrected chi connectivity index (χ2v) is 5.70. The molecule has 1 aromatic carbocycles. The number of rotatable bonds is 3. The van der Waals surface area contributed by atoms with Gasteiger partial charge in [-0.25, -0.2) is 0 Å². The van der Waals surface area contributed by atoms with Crippen LogP contribution in [0.1, 0.15) is 25.7 Å². The van der Waals surface area contributed by atoms with Crippen LogP contribution in [0.2, 0.25) is 0 Å². The standard InChI is InChI=1S/C16H20N4O/c17-10-11-1-3-12(4-2-11)16(21)20-13-5-6-14-15(9-13)19-8-7-18-14/h5-9,11-12H,1-4,10,17H2,(H,20,21).